The zero-order chi connectivity index (χ0) is 15.9. The minimum Gasteiger partial charge on any atom is -0.481 e. The molecule has 2 N–H and O–H groups in total. The van der Waals surface area contributed by atoms with E-state index in [4.69, 9.17) is 0 Å². The summed E-state index contributed by atoms with van der Waals surface area (Å²) >= 11 is 0. The summed E-state index contributed by atoms with van der Waals surface area (Å²) in [6, 6.07) is 7.66. The fraction of sp³-hybridized carbons (Fsp3) is 0.357. The van der Waals surface area contributed by atoms with Crippen molar-refractivity contribution in [3.05, 3.63) is 41.7 Å². The van der Waals surface area contributed by atoms with Gasteiger partial charge in [-0.3, -0.25) is 9.59 Å². The van der Waals surface area contributed by atoms with Crippen molar-refractivity contribution in [2.75, 3.05) is 6.54 Å². The summed E-state index contributed by atoms with van der Waals surface area (Å²) < 4.78 is 1.27. The molecule has 0 spiro atoms. The number of rotatable bonds is 7. The number of carbonyl (C=O) groups excluding carboxylic acids is 1. The van der Waals surface area contributed by atoms with E-state index in [0.717, 1.165) is 11.1 Å². The molecule has 1 aromatic carbocycles. The molecule has 0 fully saturated rings. The minimum atomic E-state index is -0.941. The lowest BCUT2D eigenvalue weighted by Crippen LogP contribution is -2.36. The molecule has 0 saturated heterocycles. The SMILES string of the molecule is Cc1cccc(CC(CNC(=O)Cn2cnnn2)C(=O)O)c1. The Morgan fingerprint density at radius 2 is 2.23 bits per heavy atom. The highest BCUT2D eigenvalue weighted by molar-refractivity contribution is 5.77. The number of carboxylic acid groups (broad SMARTS) is 1. The fourth-order valence-electron chi connectivity index (χ4n) is 2.06. The molecule has 1 unspecified atom stereocenters. The number of aliphatic carboxylic acids is 1. The van der Waals surface area contributed by atoms with Gasteiger partial charge in [0.05, 0.1) is 5.92 Å². The van der Waals surface area contributed by atoms with Crippen LogP contribution in [0.2, 0.25) is 0 Å². The van der Waals surface area contributed by atoms with Crippen LogP contribution in [-0.2, 0) is 22.6 Å². The third-order valence-corrected chi connectivity index (χ3v) is 3.16. The van der Waals surface area contributed by atoms with Crippen molar-refractivity contribution in [1.29, 1.82) is 0 Å². The summed E-state index contributed by atoms with van der Waals surface area (Å²) in [4.78, 5) is 23.1. The summed E-state index contributed by atoms with van der Waals surface area (Å²) in [6.45, 7) is 1.97. The topological polar surface area (TPSA) is 110 Å². The molecular weight excluding hydrogens is 286 g/mol. The van der Waals surface area contributed by atoms with Gasteiger partial charge in [-0.25, -0.2) is 4.68 Å². The average molecular weight is 303 g/mol. The summed E-state index contributed by atoms with van der Waals surface area (Å²) in [5.41, 5.74) is 2.01. The second kappa shape index (κ2) is 7.30. The van der Waals surface area contributed by atoms with E-state index in [1.165, 1.54) is 11.0 Å². The van der Waals surface area contributed by atoms with Crippen LogP contribution in [0.3, 0.4) is 0 Å². The van der Waals surface area contributed by atoms with Crippen molar-refractivity contribution in [1.82, 2.24) is 25.5 Å². The van der Waals surface area contributed by atoms with E-state index >= 15 is 0 Å². The smallest absolute Gasteiger partial charge is 0.308 e. The first-order chi connectivity index (χ1) is 10.5. The maximum atomic E-state index is 11.7. The molecule has 1 aromatic heterocycles. The Hall–Kier alpha value is -2.77. The van der Waals surface area contributed by atoms with Crippen LogP contribution < -0.4 is 5.32 Å². The van der Waals surface area contributed by atoms with Crippen molar-refractivity contribution in [2.24, 2.45) is 5.92 Å². The second-order valence-corrected chi connectivity index (χ2v) is 5.04. The summed E-state index contributed by atoms with van der Waals surface area (Å²) in [5, 5.41) is 22.3. The molecule has 2 rings (SSSR count). The second-order valence-electron chi connectivity index (χ2n) is 5.04. The van der Waals surface area contributed by atoms with Crippen LogP contribution in [0, 0.1) is 12.8 Å². The number of aryl methyl sites for hydroxylation is 1. The molecule has 1 atom stereocenters. The summed E-state index contributed by atoms with van der Waals surface area (Å²) in [6.07, 6.45) is 1.68. The monoisotopic (exact) mass is 303 g/mol. The molecule has 0 saturated carbocycles. The van der Waals surface area contributed by atoms with Gasteiger partial charge in [0.1, 0.15) is 12.9 Å². The van der Waals surface area contributed by atoms with Crippen LogP contribution in [0.4, 0.5) is 0 Å². The number of hydrogen-bond donors (Lipinski definition) is 2. The summed E-state index contributed by atoms with van der Waals surface area (Å²) in [5.74, 6) is -1.95. The predicted molar refractivity (Wildman–Crippen MR) is 76.8 cm³/mol. The number of carboxylic acids is 1. The number of aromatic nitrogens is 4. The van der Waals surface area contributed by atoms with Crippen molar-refractivity contribution in [2.45, 2.75) is 19.9 Å². The van der Waals surface area contributed by atoms with E-state index in [0.29, 0.717) is 6.42 Å². The third kappa shape index (κ3) is 4.65. The quantitative estimate of drug-likeness (QED) is 0.747. The standard InChI is InChI=1S/C14H17N5O3/c1-10-3-2-4-11(5-10)6-12(14(21)22)7-15-13(20)8-19-9-16-17-18-19/h2-5,9,12H,6-8H2,1H3,(H,15,20)(H,21,22). The van der Waals surface area contributed by atoms with Crippen molar-refractivity contribution in [3.63, 3.8) is 0 Å². The van der Waals surface area contributed by atoms with E-state index in [9.17, 15) is 14.7 Å². The van der Waals surface area contributed by atoms with Crippen LogP contribution in [-0.4, -0.2) is 43.7 Å². The molecule has 0 aliphatic rings. The largest absolute Gasteiger partial charge is 0.481 e. The minimum absolute atomic E-state index is 0.0379. The van der Waals surface area contributed by atoms with E-state index in [2.05, 4.69) is 20.8 Å². The highest BCUT2D eigenvalue weighted by Crippen LogP contribution is 2.11. The van der Waals surface area contributed by atoms with E-state index in [1.54, 1.807) is 0 Å². The van der Waals surface area contributed by atoms with Gasteiger partial charge >= 0.3 is 5.97 Å². The molecule has 0 radical (unpaired) electrons. The Balaban J connectivity index is 1.89. The number of hydrogen-bond acceptors (Lipinski definition) is 5. The Kier molecular flexibility index (Phi) is 5.18. The van der Waals surface area contributed by atoms with E-state index in [-0.39, 0.29) is 19.0 Å². The van der Waals surface area contributed by atoms with Crippen molar-refractivity contribution >= 4 is 11.9 Å². The first kappa shape index (κ1) is 15.6. The molecule has 1 amide bonds. The predicted octanol–water partition coefficient (Wildman–Crippen LogP) is 0.0412. The van der Waals surface area contributed by atoms with E-state index < -0.39 is 11.9 Å². The lowest BCUT2D eigenvalue weighted by atomic mass is 9.98. The maximum absolute atomic E-state index is 11.7. The van der Waals surface area contributed by atoms with Gasteiger partial charge in [-0.2, -0.15) is 0 Å². The van der Waals surface area contributed by atoms with Crippen LogP contribution >= 0.6 is 0 Å². The first-order valence-electron chi connectivity index (χ1n) is 6.80. The molecule has 0 bridgehead atoms. The zero-order valence-corrected chi connectivity index (χ0v) is 12.1. The van der Waals surface area contributed by atoms with Gasteiger partial charge in [-0.05, 0) is 29.3 Å². The molecule has 22 heavy (non-hydrogen) atoms. The summed E-state index contributed by atoms with van der Waals surface area (Å²) in [7, 11) is 0. The number of amides is 1. The maximum Gasteiger partial charge on any atom is 0.308 e. The molecule has 8 nitrogen and oxygen atoms in total. The molecule has 2 aromatic rings. The van der Waals surface area contributed by atoms with Crippen LogP contribution in [0.25, 0.3) is 0 Å². The molecule has 1 heterocycles. The number of carbonyl (C=O) groups is 2. The van der Waals surface area contributed by atoms with Gasteiger partial charge in [0, 0.05) is 6.54 Å². The molecule has 8 heteroatoms. The Morgan fingerprint density at radius 1 is 1.41 bits per heavy atom. The van der Waals surface area contributed by atoms with Gasteiger partial charge in [0.25, 0.3) is 0 Å². The number of benzene rings is 1. The van der Waals surface area contributed by atoms with Gasteiger partial charge < -0.3 is 10.4 Å². The Bertz CT molecular complexity index is 642. The van der Waals surface area contributed by atoms with Gasteiger partial charge in [-0.1, -0.05) is 29.8 Å². The number of tetrazole rings is 1. The van der Waals surface area contributed by atoms with Crippen LogP contribution in [0.15, 0.2) is 30.6 Å². The lowest BCUT2D eigenvalue weighted by molar-refractivity contribution is -0.141. The van der Waals surface area contributed by atoms with E-state index in [1.807, 2.05) is 31.2 Å². The van der Waals surface area contributed by atoms with Crippen LogP contribution in [0.5, 0.6) is 0 Å². The van der Waals surface area contributed by atoms with Crippen molar-refractivity contribution < 1.29 is 14.7 Å². The first-order valence-corrected chi connectivity index (χ1v) is 6.80. The molecule has 116 valence electrons. The fourth-order valence-corrected chi connectivity index (χ4v) is 2.06. The highest BCUT2D eigenvalue weighted by atomic mass is 16.4. The van der Waals surface area contributed by atoms with Crippen LogP contribution in [0.1, 0.15) is 11.1 Å². The normalized spacial score (nSPS) is 11.9. The lowest BCUT2D eigenvalue weighted by Gasteiger charge is -2.14. The molecule has 0 aliphatic carbocycles. The third-order valence-electron chi connectivity index (χ3n) is 3.16. The number of nitrogens with one attached hydrogen (secondary N) is 1. The number of nitrogens with zero attached hydrogens (tertiary/aromatic N) is 4. The highest BCUT2D eigenvalue weighted by Gasteiger charge is 2.19. The van der Waals surface area contributed by atoms with Gasteiger partial charge in [0.2, 0.25) is 5.91 Å². The van der Waals surface area contributed by atoms with Crippen molar-refractivity contribution in [3.8, 4) is 0 Å². The molecule has 0 aliphatic heterocycles. The van der Waals surface area contributed by atoms with Gasteiger partial charge in [0.15, 0.2) is 0 Å². The molecular formula is C14H17N5O3. The van der Waals surface area contributed by atoms with Gasteiger partial charge in [-0.15, -0.1) is 5.10 Å². The average Bonchev–Trinajstić information content (AvgIpc) is 2.96. The Labute approximate surface area is 127 Å². The zero-order valence-electron chi connectivity index (χ0n) is 12.1. The Morgan fingerprint density at radius 3 is 2.86 bits per heavy atom.